The number of nitrogens with one attached hydrogen (secondary N) is 2. The molecule has 0 unspecified atom stereocenters. The van der Waals surface area contributed by atoms with Gasteiger partial charge in [-0.3, -0.25) is 14.8 Å². The van der Waals surface area contributed by atoms with Crippen LogP contribution in [0.4, 0.5) is 10.1 Å². The molecule has 0 bridgehead atoms. The van der Waals surface area contributed by atoms with Gasteiger partial charge < -0.3 is 10.4 Å². The Morgan fingerprint density at radius 2 is 2.24 bits per heavy atom. The highest BCUT2D eigenvalue weighted by Gasteiger charge is 2.32. The summed E-state index contributed by atoms with van der Waals surface area (Å²) in [6.07, 6.45) is 0.188. The number of nitrogens with zero attached hydrogens (tertiary/aromatic N) is 2. The second kappa shape index (κ2) is 7.33. The number of β-amino-alcohol motifs (C(OH)–C–C–N with tert-alkyl or cyclic N) is 1. The number of aliphatic hydroxyl groups excluding tert-OH is 1. The number of benzene rings is 1. The number of likely N-dealkylation sites (tertiary alicyclic amines) is 1. The van der Waals surface area contributed by atoms with Gasteiger partial charge in [0.05, 0.1) is 18.3 Å². The Kier molecular flexibility index (Phi) is 5.15. The number of rotatable bonds is 5. The number of amides is 1. The smallest absolute Gasteiger partial charge is 0.238 e. The lowest BCUT2D eigenvalue weighted by Crippen LogP contribution is -2.32. The Balaban J connectivity index is 1.54. The molecule has 1 amide bonds. The quantitative estimate of drug-likeness (QED) is 0.769. The van der Waals surface area contributed by atoms with E-state index in [2.05, 4.69) is 15.5 Å². The first kappa shape index (κ1) is 17.6. The van der Waals surface area contributed by atoms with Crippen LogP contribution in [-0.2, 0) is 11.2 Å². The number of aryl methyl sites for hydroxylation is 1. The summed E-state index contributed by atoms with van der Waals surface area (Å²) in [6, 6.07) is 6.58. The van der Waals surface area contributed by atoms with Crippen molar-refractivity contribution in [2.24, 2.45) is 5.92 Å². The van der Waals surface area contributed by atoms with E-state index in [1.54, 1.807) is 19.1 Å². The van der Waals surface area contributed by atoms with E-state index in [4.69, 9.17) is 0 Å². The average molecular weight is 346 g/mol. The maximum atomic E-state index is 13.5. The van der Waals surface area contributed by atoms with Crippen LogP contribution in [0.25, 0.3) is 0 Å². The van der Waals surface area contributed by atoms with Gasteiger partial charge in [0.15, 0.2) is 0 Å². The van der Waals surface area contributed by atoms with E-state index in [1.165, 1.54) is 6.07 Å². The van der Waals surface area contributed by atoms with Gasteiger partial charge >= 0.3 is 0 Å². The highest BCUT2D eigenvalue weighted by Crippen LogP contribution is 2.22. The molecule has 1 aromatic carbocycles. The van der Waals surface area contributed by atoms with Gasteiger partial charge in [-0.25, -0.2) is 4.39 Å². The molecule has 7 heteroatoms. The summed E-state index contributed by atoms with van der Waals surface area (Å²) in [5, 5.41) is 20.1. The third kappa shape index (κ3) is 4.24. The standard InChI is InChI=1S/C18H23FN4O2/c1-11-6-14(22-21-11)7-13-8-23(9-17(13)24)10-18(25)20-16-5-3-4-15(19)12(16)2/h3-6,13,17,24H,7-10H2,1-2H3,(H,20,25)(H,21,22)/t13-,17+/m1/s1. The second-order valence-corrected chi connectivity index (χ2v) is 6.73. The first-order chi connectivity index (χ1) is 11.9. The molecule has 0 spiro atoms. The number of hydrogen-bond donors (Lipinski definition) is 3. The van der Waals surface area contributed by atoms with Crippen LogP contribution in [0.5, 0.6) is 0 Å². The molecule has 1 aliphatic heterocycles. The Morgan fingerprint density at radius 1 is 1.44 bits per heavy atom. The number of halogens is 1. The van der Waals surface area contributed by atoms with Gasteiger partial charge in [0.25, 0.3) is 0 Å². The van der Waals surface area contributed by atoms with Crippen LogP contribution in [0, 0.1) is 25.6 Å². The molecule has 134 valence electrons. The van der Waals surface area contributed by atoms with E-state index in [1.807, 2.05) is 17.9 Å². The van der Waals surface area contributed by atoms with Gasteiger partial charge in [-0.15, -0.1) is 0 Å². The van der Waals surface area contributed by atoms with Crippen LogP contribution in [-0.4, -0.2) is 51.8 Å². The van der Waals surface area contributed by atoms with Gasteiger partial charge in [-0.05, 0) is 38.5 Å². The fourth-order valence-electron chi connectivity index (χ4n) is 3.25. The van der Waals surface area contributed by atoms with Gasteiger partial charge in [0, 0.05) is 36.0 Å². The number of H-pyrrole nitrogens is 1. The molecule has 1 aromatic heterocycles. The molecule has 3 rings (SSSR count). The predicted molar refractivity (Wildman–Crippen MR) is 92.7 cm³/mol. The van der Waals surface area contributed by atoms with Gasteiger partial charge in [0.2, 0.25) is 5.91 Å². The third-order valence-electron chi connectivity index (χ3n) is 4.62. The molecule has 3 N–H and O–H groups in total. The normalized spacial score (nSPS) is 20.8. The Labute approximate surface area is 146 Å². The largest absolute Gasteiger partial charge is 0.391 e. The molecule has 2 heterocycles. The van der Waals surface area contributed by atoms with E-state index >= 15 is 0 Å². The topological polar surface area (TPSA) is 81.2 Å². The zero-order valence-electron chi connectivity index (χ0n) is 14.4. The second-order valence-electron chi connectivity index (χ2n) is 6.73. The molecule has 1 fully saturated rings. The lowest BCUT2D eigenvalue weighted by Gasteiger charge is -2.16. The fraction of sp³-hybridized carbons (Fsp3) is 0.444. The molecule has 0 aliphatic carbocycles. The molecule has 0 radical (unpaired) electrons. The highest BCUT2D eigenvalue weighted by molar-refractivity contribution is 5.93. The third-order valence-corrected chi connectivity index (χ3v) is 4.62. The van der Waals surface area contributed by atoms with Gasteiger partial charge in [0.1, 0.15) is 5.82 Å². The molecule has 6 nitrogen and oxygen atoms in total. The zero-order valence-corrected chi connectivity index (χ0v) is 14.4. The minimum absolute atomic E-state index is 0.0476. The Bertz CT molecular complexity index is 761. The molecule has 2 aromatic rings. The van der Waals surface area contributed by atoms with Crippen LogP contribution in [0.1, 0.15) is 17.0 Å². The molecular weight excluding hydrogens is 323 g/mol. The summed E-state index contributed by atoms with van der Waals surface area (Å²) >= 11 is 0. The van der Waals surface area contributed by atoms with Crippen molar-refractivity contribution >= 4 is 11.6 Å². The molecule has 2 atom stereocenters. The van der Waals surface area contributed by atoms with E-state index in [0.29, 0.717) is 30.8 Å². The van der Waals surface area contributed by atoms with Crippen LogP contribution < -0.4 is 5.32 Å². The molecule has 1 aliphatic rings. The summed E-state index contributed by atoms with van der Waals surface area (Å²) in [4.78, 5) is 14.1. The van der Waals surface area contributed by atoms with Crippen molar-refractivity contribution in [1.29, 1.82) is 0 Å². The predicted octanol–water partition coefficient (Wildman–Crippen LogP) is 1.64. The van der Waals surface area contributed by atoms with Crippen molar-refractivity contribution in [2.45, 2.75) is 26.4 Å². The first-order valence-corrected chi connectivity index (χ1v) is 8.38. The summed E-state index contributed by atoms with van der Waals surface area (Å²) in [5.41, 5.74) is 2.81. The van der Waals surface area contributed by atoms with Crippen LogP contribution in [0.15, 0.2) is 24.3 Å². The number of aliphatic hydroxyl groups is 1. The fourth-order valence-corrected chi connectivity index (χ4v) is 3.25. The summed E-state index contributed by atoms with van der Waals surface area (Å²) in [6.45, 7) is 4.81. The number of hydrogen-bond acceptors (Lipinski definition) is 4. The molecular formula is C18H23FN4O2. The van der Waals surface area contributed by atoms with E-state index < -0.39 is 6.10 Å². The SMILES string of the molecule is Cc1cc(C[C@@H]2CN(CC(=O)Nc3cccc(F)c3C)C[C@@H]2O)n[nH]1. The van der Waals surface area contributed by atoms with Crippen molar-refractivity contribution < 1.29 is 14.3 Å². The van der Waals surface area contributed by atoms with Crippen molar-refractivity contribution in [1.82, 2.24) is 15.1 Å². The number of carbonyl (C=O) groups is 1. The average Bonchev–Trinajstić information content (AvgIpc) is 3.10. The lowest BCUT2D eigenvalue weighted by atomic mass is 10.0. The minimum Gasteiger partial charge on any atom is -0.391 e. The van der Waals surface area contributed by atoms with E-state index in [0.717, 1.165) is 11.4 Å². The highest BCUT2D eigenvalue weighted by atomic mass is 19.1. The zero-order chi connectivity index (χ0) is 18.0. The molecule has 25 heavy (non-hydrogen) atoms. The monoisotopic (exact) mass is 346 g/mol. The summed E-state index contributed by atoms with van der Waals surface area (Å²) in [7, 11) is 0. The number of aromatic amines is 1. The van der Waals surface area contributed by atoms with Crippen LogP contribution in [0.3, 0.4) is 0 Å². The van der Waals surface area contributed by atoms with Crippen LogP contribution >= 0.6 is 0 Å². The molecule has 1 saturated heterocycles. The summed E-state index contributed by atoms with van der Waals surface area (Å²) < 4.78 is 13.5. The number of anilines is 1. The van der Waals surface area contributed by atoms with Crippen molar-refractivity contribution in [3.8, 4) is 0 Å². The van der Waals surface area contributed by atoms with Crippen molar-refractivity contribution in [2.75, 3.05) is 25.0 Å². The van der Waals surface area contributed by atoms with Crippen LogP contribution in [0.2, 0.25) is 0 Å². The minimum atomic E-state index is -0.485. The van der Waals surface area contributed by atoms with Gasteiger partial charge in [-0.2, -0.15) is 5.10 Å². The number of aromatic nitrogens is 2. The molecule has 0 saturated carbocycles. The van der Waals surface area contributed by atoms with E-state index in [-0.39, 0.29) is 24.2 Å². The summed E-state index contributed by atoms with van der Waals surface area (Å²) in [5.74, 6) is -0.507. The Hall–Kier alpha value is -2.25. The maximum absolute atomic E-state index is 13.5. The van der Waals surface area contributed by atoms with Crippen molar-refractivity contribution in [3.63, 3.8) is 0 Å². The van der Waals surface area contributed by atoms with Crippen molar-refractivity contribution in [3.05, 3.63) is 47.0 Å². The Morgan fingerprint density at radius 3 is 2.96 bits per heavy atom. The number of carbonyl (C=O) groups excluding carboxylic acids is 1. The van der Waals surface area contributed by atoms with E-state index in [9.17, 15) is 14.3 Å². The first-order valence-electron chi connectivity index (χ1n) is 8.38. The maximum Gasteiger partial charge on any atom is 0.238 e. The lowest BCUT2D eigenvalue weighted by molar-refractivity contribution is -0.117. The van der Waals surface area contributed by atoms with Gasteiger partial charge in [-0.1, -0.05) is 6.07 Å².